The van der Waals surface area contributed by atoms with E-state index >= 15 is 0 Å². The van der Waals surface area contributed by atoms with Crippen LogP contribution in [0.5, 0.6) is 0 Å². The van der Waals surface area contributed by atoms with Gasteiger partial charge < -0.3 is 5.11 Å². The van der Waals surface area contributed by atoms with E-state index in [1.165, 1.54) is 16.7 Å². The van der Waals surface area contributed by atoms with Crippen molar-refractivity contribution in [1.82, 2.24) is 0 Å². The Morgan fingerprint density at radius 3 is 2.60 bits per heavy atom. The van der Waals surface area contributed by atoms with Gasteiger partial charge in [0.1, 0.15) is 0 Å². The largest absolute Gasteiger partial charge is 0.481 e. The third kappa shape index (κ3) is 3.41. The van der Waals surface area contributed by atoms with Crippen LogP contribution in [0.15, 0.2) is 18.2 Å². The Balaban J connectivity index is 2.18. The lowest BCUT2D eigenvalue weighted by atomic mass is 9.65. The summed E-state index contributed by atoms with van der Waals surface area (Å²) in [5.41, 5.74) is 4.15. The Hall–Kier alpha value is -1.31. The molecule has 1 fully saturated rings. The van der Waals surface area contributed by atoms with Crippen LogP contribution in [0.1, 0.15) is 49.8 Å². The Labute approximate surface area is 122 Å². The van der Waals surface area contributed by atoms with Gasteiger partial charge >= 0.3 is 5.97 Å². The van der Waals surface area contributed by atoms with Gasteiger partial charge in [0.15, 0.2) is 0 Å². The van der Waals surface area contributed by atoms with Crippen LogP contribution in [-0.2, 0) is 11.2 Å². The molecule has 2 atom stereocenters. The third-order valence-electron chi connectivity index (χ3n) is 4.90. The number of hydrogen-bond acceptors (Lipinski definition) is 1. The average Bonchev–Trinajstić information content (AvgIpc) is 2.32. The lowest BCUT2D eigenvalue weighted by Crippen LogP contribution is -2.35. The number of carbonyl (C=O) groups is 1. The maximum atomic E-state index is 11.5. The molecule has 0 aliphatic heterocycles. The molecule has 1 aliphatic carbocycles. The molecule has 1 aromatic rings. The summed E-state index contributed by atoms with van der Waals surface area (Å²) in [6.45, 7) is 8.76. The number of aliphatic carboxylic acids is 1. The zero-order chi connectivity index (χ0) is 14.9. The highest BCUT2D eigenvalue weighted by molar-refractivity contribution is 5.70. The van der Waals surface area contributed by atoms with Crippen molar-refractivity contribution in [2.75, 3.05) is 0 Å². The highest BCUT2D eigenvalue weighted by atomic mass is 16.4. The predicted molar refractivity (Wildman–Crippen MR) is 81.9 cm³/mol. The normalized spacial score (nSPS) is 25.4. The minimum atomic E-state index is -0.616. The quantitative estimate of drug-likeness (QED) is 0.888. The summed E-state index contributed by atoms with van der Waals surface area (Å²) < 4.78 is 0. The molecule has 0 amide bonds. The summed E-state index contributed by atoms with van der Waals surface area (Å²) in [7, 11) is 0. The Morgan fingerprint density at radius 1 is 1.30 bits per heavy atom. The molecule has 2 nitrogen and oxygen atoms in total. The highest BCUT2D eigenvalue weighted by Crippen LogP contribution is 2.43. The number of carboxylic acids is 1. The second kappa shape index (κ2) is 5.59. The van der Waals surface area contributed by atoms with Crippen LogP contribution in [0, 0.1) is 31.1 Å². The van der Waals surface area contributed by atoms with Gasteiger partial charge in [0, 0.05) is 0 Å². The zero-order valence-electron chi connectivity index (χ0n) is 13.1. The first-order valence-electron chi connectivity index (χ1n) is 7.57. The van der Waals surface area contributed by atoms with Gasteiger partial charge in [-0.3, -0.25) is 4.79 Å². The molecule has 1 N–H and O–H groups in total. The standard InChI is InChI=1S/C18H26O2/c1-12-5-6-14(9-13(12)2)10-15-11-18(3,4)8-7-16(15)17(19)20/h5-6,9,15-16H,7-8,10-11H2,1-4H3,(H,19,20). The molecule has 0 heterocycles. The van der Waals surface area contributed by atoms with Crippen LogP contribution in [0.2, 0.25) is 0 Å². The van der Waals surface area contributed by atoms with Crippen LogP contribution in [0.3, 0.4) is 0 Å². The van der Waals surface area contributed by atoms with Crippen LogP contribution in [0.25, 0.3) is 0 Å². The fourth-order valence-corrected chi connectivity index (χ4v) is 3.51. The Morgan fingerprint density at radius 2 is 2.00 bits per heavy atom. The summed E-state index contributed by atoms with van der Waals surface area (Å²) in [6.07, 6.45) is 3.74. The first-order valence-corrected chi connectivity index (χ1v) is 7.57. The predicted octanol–water partition coefficient (Wildman–Crippen LogP) is 4.37. The van der Waals surface area contributed by atoms with Crippen molar-refractivity contribution in [1.29, 1.82) is 0 Å². The molecule has 1 aromatic carbocycles. The molecule has 20 heavy (non-hydrogen) atoms. The van der Waals surface area contributed by atoms with E-state index in [9.17, 15) is 9.90 Å². The summed E-state index contributed by atoms with van der Waals surface area (Å²) in [4.78, 5) is 11.5. The van der Waals surface area contributed by atoms with E-state index in [0.29, 0.717) is 0 Å². The zero-order valence-corrected chi connectivity index (χ0v) is 13.1. The van der Waals surface area contributed by atoms with Crippen LogP contribution >= 0.6 is 0 Å². The maximum Gasteiger partial charge on any atom is 0.306 e. The van der Waals surface area contributed by atoms with Crippen LogP contribution in [0.4, 0.5) is 0 Å². The first-order chi connectivity index (χ1) is 9.28. The van der Waals surface area contributed by atoms with Crippen molar-refractivity contribution in [3.63, 3.8) is 0 Å². The van der Waals surface area contributed by atoms with Crippen molar-refractivity contribution in [2.45, 2.75) is 53.4 Å². The summed E-state index contributed by atoms with van der Waals surface area (Å²) in [5.74, 6) is -0.530. The van der Waals surface area contributed by atoms with Gasteiger partial charge in [-0.1, -0.05) is 32.0 Å². The topological polar surface area (TPSA) is 37.3 Å². The molecule has 0 radical (unpaired) electrons. The number of benzene rings is 1. The maximum absolute atomic E-state index is 11.5. The van der Waals surface area contributed by atoms with Crippen molar-refractivity contribution in [3.05, 3.63) is 34.9 Å². The van der Waals surface area contributed by atoms with E-state index in [1.807, 2.05) is 0 Å². The minimum absolute atomic E-state index is 0.176. The molecule has 2 unspecified atom stereocenters. The molecule has 2 heteroatoms. The molecule has 110 valence electrons. The smallest absolute Gasteiger partial charge is 0.306 e. The van der Waals surface area contributed by atoms with Gasteiger partial charge in [-0.25, -0.2) is 0 Å². The third-order valence-corrected chi connectivity index (χ3v) is 4.90. The van der Waals surface area contributed by atoms with Gasteiger partial charge in [-0.05, 0) is 67.6 Å². The summed E-state index contributed by atoms with van der Waals surface area (Å²) in [5, 5.41) is 9.46. The highest BCUT2D eigenvalue weighted by Gasteiger charge is 2.38. The number of rotatable bonds is 3. The number of aryl methyl sites for hydroxylation is 2. The number of carboxylic acid groups (broad SMARTS) is 1. The van der Waals surface area contributed by atoms with E-state index in [4.69, 9.17) is 0 Å². The fourth-order valence-electron chi connectivity index (χ4n) is 3.51. The second-order valence-electron chi connectivity index (χ2n) is 7.23. The van der Waals surface area contributed by atoms with Crippen molar-refractivity contribution in [2.24, 2.45) is 17.3 Å². The first kappa shape index (κ1) is 15.1. The van der Waals surface area contributed by atoms with Gasteiger partial charge in [0.05, 0.1) is 5.92 Å². The monoisotopic (exact) mass is 274 g/mol. The Kier molecular flexibility index (Phi) is 4.22. The lowest BCUT2D eigenvalue weighted by Gasteiger charge is -2.39. The van der Waals surface area contributed by atoms with Gasteiger partial charge in [0.2, 0.25) is 0 Å². The van der Waals surface area contributed by atoms with Gasteiger partial charge in [-0.2, -0.15) is 0 Å². The molecule has 1 aliphatic rings. The lowest BCUT2D eigenvalue weighted by molar-refractivity contribution is -0.146. The fraction of sp³-hybridized carbons (Fsp3) is 0.611. The van der Waals surface area contributed by atoms with E-state index in [0.717, 1.165) is 25.7 Å². The molecule has 0 bridgehead atoms. The molecule has 0 saturated heterocycles. The van der Waals surface area contributed by atoms with E-state index in [-0.39, 0.29) is 17.3 Å². The van der Waals surface area contributed by atoms with Crippen LogP contribution in [-0.4, -0.2) is 11.1 Å². The summed E-state index contributed by atoms with van der Waals surface area (Å²) >= 11 is 0. The van der Waals surface area contributed by atoms with Crippen molar-refractivity contribution in [3.8, 4) is 0 Å². The molecule has 1 saturated carbocycles. The SMILES string of the molecule is Cc1ccc(CC2CC(C)(C)CCC2C(=O)O)cc1C. The second-order valence-corrected chi connectivity index (χ2v) is 7.23. The van der Waals surface area contributed by atoms with Crippen LogP contribution < -0.4 is 0 Å². The molecule has 0 spiro atoms. The number of hydrogen-bond donors (Lipinski definition) is 1. The van der Waals surface area contributed by atoms with E-state index in [2.05, 4.69) is 45.9 Å². The van der Waals surface area contributed by atoms with Gasteiger partial charge in [0.25, 0.3) is 0 Å². The van der Waals surface area contributed by atoms with E-state index < -0.39 is 5.97 Å². The molecular formula is C18H26O2. The van der Waals surface area contributed by atoms with Crippen molar-refractivity contribution >= 4 is 5.97 Å². The van der Waals surface area contributed by atoms with Gasteiger partial charge in [-0.15, -0.1) is 0 Å². The Bertz CT molecular complexity index is 502. The summed E-state index contributed by atoms with van der Waals surface area (Å²) in [6, 6.07) is 6.52. The molecule has 2 rings (SSSR count). The average molecular weight is 274 g/mol. The van der Waals surface area contributed by atoms with E-state index in [1.54, 1.807) is 0 Å². The van der Waals surface area contributed by atoms with Crippen molar-refractivity contribution < 1.29 is 9.90 Å². The molecular weight excluding hydrogens is 248 g/mol. The minimum Gasteiger partial charge on any atom is -0.481 e. The molecule has 0 aromatic heterocycles.